The zero-order chi connectivity index (χ0) is 15.2. The number of nitrogens with one attached hydrogen (secondary N) is 2. The van der Waals surface area contributed by atoms with Crippen LogP contribution in [0, 0.1) is 0 Å². The molecule has 1 aromatic rings. The molecule has 1 aliphatic rings. The second-order valence-corrected chi connectivity index (χ2v) is 4.86. The number of aliphatic hydroxyl groups excluding tert-OH is 1. The summed E-state index contributed by atoms with van der Waals surface area (Å²) in [7, 11) is 0. The average Bonchev–Trinajstić information content (AvgIpc) is 2.99. The lowest BCUT2D eigenvalue weighted by Gasteiger charge is -2.15. The fourth-order valence-electron chi connectivity index (χ4n) is 2.22. The Hall–Kier alpha value is -1.73. The van der Waals surface area contributed by atoms with E-state index in [9.17, 15) is 18.7 Å². The van der Waals surface area contributed by atoms with Crippen LogP contribution in [-0.2, 0) is 4.79 Å². The van der Waals surface area contributed by atoms with Crippen molar-refractivity contribution in [2.24, 2.45) is 0 Å². The zero-order valence-corrected chi connectivity index (χ0v) is 11.4. The molecule has 1 heterocycles. The minimum absolute atomic E-state index is 0.0279. The maximum atomic E-state index is 12.0. The molecule has 1 aliphatic heterocycles. The van der Waals surface area contributed by atoms with Gasteiger partial charge in [0.2, 0.25) is 5.91 Å². The van der Waals surface area contributed by atoms with Crippen molar-refractivity contribution < 1.29 is 23.4 Å². The molecule has 5 nitrogen and oxygen atoms in total. The van der Waals surface area contributed by atoms with E-state index >= 15 is 0 Å². The number of benzene rings is 1. The Balaban J connectivity index is 1.82. The van der Waals surface area contributed by atoms with Gasteiger partial charge in [0.25, 0.3) is 0 Å². The van der Waals surface area contributed by atoms with Crippen LogP contribution in [0.3, 0.4) is 0 Å². The molecule has 2 atom stereocenters. The Bertz CT molecular complexity index is 462. The fraction of sp³-hybridized carbons (Fsp3) is 0.500. The van der Waals surface area contributed by atoms with Crippen LogP contribution in [-0.4, -0.2) is 36.8 Å². The molecule has 7 heteroatoms. The van der Waals surface area contributed by atoms with E-state index in [1.54, 1.807) is 0 Å². The Morgan fingerprint density at radius 3 is 2.71 bits per heavy atom. The van der Waals surface area contributed by atoms with Crippen molar-refractivity contribution in [2.75, 3.05) is 13.1 Å². The first kappa shape index (κ1) is 15.7. The first-order valence-corrected chi connectivity index (χ1v) is 6.80. The largest absolute Gasteiger partial charge is 0.435 e. The molecule has 0 aromatic heterocycles. The van der Waals surface area contributed by atoms with Crippen LogP contribution in [0.25, 0.3) is 0 Å². The second-order valence-electron chi connectivity index (χ2n) is 4.86. The molecule has 1 unspecified atom stereocenters. The Morgan fingerprint density at radius 2 is 2.14 bits per heavy atom. The minimum Gasteiger partial charge on any atom is -0.435 e. The van der Waals surface area contributed by atoms with Crippen molar-refractivity contribution in [3.05, 3.63) is 29.8 Å². The maximum absolute atomic E-state index is 12.0. The molecule has 116 valence electrons. The summed E-state index contributed by atoms with van der Waals surface area (Å²) in [6, 6.07) is 5.49. The Kier molecular flexibility index (Phi) is 5.46. The third-order valence-corrected chi connectivity index (χ3v) is 3.34. The van der Waals surface area contributed by atoms with E-state index in [1.165, 1.54) is 24.3 Å². The number of aliphatic hydroxyl groups is 1. The van der Waals surface area contributed by atoms with Gasteiger partial charge in [-0.25, -0.2) is 0 Å². The number of alkyl halides is 2. The van der Waals surface area contributed by atoms with Gasteiger partial charge in [-0.1, -0.05) is 12.1 Å². The summed E-state index contributed by atoms with van der Waals surface area (Å²) in [6.07, 6.45) is 0.865. The third-order valence-electron chi connectivity index (χ3n) is 3.34. The highest BCUT2D eigenvalue weighted by Crippen LogP contribution is 2.19. The van der Waals surface area contributed by atoms with Crippen LogP contribution < -0.4 is 15.4 Å². The fourth-order valence-corrected chi connectivity index (χ4v) is 2.22. The summed E-state index contributed by atoms with van der Waals surface area (Å²) in [4.78, 5) is 11.8. The molecule has 1 amide bonds. The average molecular weight is 300 g/mol. The molecular weight excluding hydrogens is 282 g/mol. The molecule has 0 bridgehead atoms. The van der Waals surface area contributed by atoms with Gasteiger partial charge in [-0.3, -0.25) is 4.79 Å². The van der Waals surface area contributed by atoms with Crippen LogP contribution in [0.5, 0.6) is 5.75 Å². The van der Waals surface area contributed by atoms with Gasteiger partial charge in [0.1, 0.15) is 5.75 Å². The van der Waals surface area contributed by atoms with E-state index < -0.39 is 12.7 Å². The van der Waals surface area contributed by atoms with E-state index in [0.717, 1.165) is 19.4 Å². The summed E-state index contributed by atoms with van der Waals surface area (Å²) >= 11 is 0. The van der Waals surface area contributed by atoms with Crippen molar-refractivity contribution in [3.8, 4) is 5.75 Å². The summed E-state index contributed by atoms with van der Waals surface area (Å²) in [6.45, 7) is -1.97. The van der Waals surface area contributed by atoms with Crippen molar-refractivity contribution in [1.82, 2.24) is 10.6 Å². The van der Waals surface area contributed by atoms with Crippen LogP contribution in [0.1, 0.15) is 24.5 Å². The molecule has 1 fully saturated rings. The summed E-state index contributed by atoms with van der Waals surface area (Å²) in [5.74, 6) is -0.107. The standard InChI is InChI=1S/C14H18F2N2O3/c15-14(16)21-10-5-3-9(4-6-10)12(19)8-18-13(20)11-2-1-7-17-11/h3-6,11-12,14,17,19H,1-2,7-8H2,(H,18,20)/t11-,12?/m0/s1. The predicted octanol–water partition coefficient (Wildman–Crippen LogP) is 1.19. The molecule has 3 N–H and O–H groups in total. The van der Waals surface area contributed by atoms with Crippen molar-refractivity contribution in [1.29, 1.82) is 0 Å². The van der Waals surface area contributed by atoms with Gasteiger partial charge in [-0.2, -0.15) is 8.78 Å². The minimum atomic E-state index is -2.88. The normalized spacial score (nSPS) is 19.5. The third kappa shape index (κ3) is 4.64. The van der Waals surface area contributed by atoms with Crippen molar-refractivity contribution in [3.63, 3.8) is 0 Å². The summed E-state index contributed by atoms with van der Waals surface area (Å²) in [5, 5.41) is 15.7. The maximum Gasteiger partial charge on any atom is 0.387 e. The molecule has 0 aliphatic carbocycles. The van der Waals surface area contributed by atoms with E-state index in [0.29, 0.717) is 5.56 Å². The highest BCUT2D eigenvalue weighted by atomic mass is 19.3. The zero-order valence-electron chi connectivity index (χ0n) is 11.4. The number of hydrogen-bond acceptors (Lipinski definition) is 4. The monoisotopic (exact) mass is 300 g/mol. The number of carbonyl (C=O) groups is 1. The number of rotatable bonds is 6. The highest BCUT2D eigenvalue weighted by Gasteiger charge is 2.22. The SMILES string of the molecule is O=C(NCC(O)c1ccc(OC(F)F)cc1)[C@@H]1CCCN1. The van der Waals surface area contributed by atoms with E-state index in [-0.39, 0.29) is 24.2 Å². The number of halogens is 2. The van der Waals surface area contributed by atoms with Crippen molar-refractivity contribution in [2.45, 2.75) is 31.6 Å². The lowest BCUT2D eigenvalue weighted by Crippen LogP contribution is -2.41. The molecule has 0 spiro atoms. The molecule has 2 rings (SSSR count). The van der Waals surface area contributed by atoms with E-state index in [4.69, 9.17) is 0 Å². The molecule has 0 saturated carbocycles. The van der Waals surface area contributed by atoms with Gasteiger partial charge in [-0.15, -0.1) is 0 Å². The lowest BCUT2D eigenvalue weighted by atomic mass is 10.1. The topological polar surface area (TPSA) is 70.6 Å². The number of carbonyl (C=O) groups excluding carboxylic acids is 1. The predicted molar refractivity (Wildman–Crippen MR) is 72.1 cm³/mol. The van der Waals surface area contributed by atoms with Gasteiger partial charge >= 0.3 is 6.61 Å². The van der Waals surface area contributed by atoms with E-state index in [2.05, 4.69) is 15.4 Å². The smallest absolute Gasteiger partial charge is 0.387 e. The van der Waals surface area contributed by atoms with E-state index in [1.807, 2.05) is 0 Å². The van der Waals surface area contributed by atoms with Crippen molar-refractivity contribution >= 4 is 5.91 Å². The van der Waals surface area contributed by atoms with Gasteiger partial charge in [0.05, 0.1) is 12.1 Å². The first-order chi connectivity index (χ1) is 10.1. The number of amides is 1. The summed E-state index contributed by atoms with van der Waals surface area (Å²) in [5.41, 5.74) is 0.524. The molecule has 1 saturated heterocycles. The first-order valence-electron chi connectivity index (χ1n) is 6.80. The van der Waals surface area contributed by atoms with Crippen LogP contribution >= 0.6 is 0 Å². The Labute approximate surface area is 121 Å². The molecule has 21 heavy (non-hydrogen) atoms. The molecule has 1 aromatic carbocycles. The van der Waals surface area contributed by atoms with Crippen LogP contribution in [0.15, 0.2) is 24.3 Å². The second kappa shape index (κ2) is 7.33. The Morgan fingerprint density at radius 1 is 1.43 bits per heavy atom. The van der Waals surface area contributed by atoms with Gasteiger partial charge in [0.15, 0.2) is 0 Å². The lowest BCUT2D eigenvalue weighted by molar-refractivity contribution is -0.123. The van der Waals surface area contributed by atoms with Crippen LogP contribution in [0.2, 0.25) is 0 Å². The molecule has 0 radical (unpaired) electrons. The summed E-state index contributed by atoms with van der Waals surface area (Å²) < 4.78 is 28.2. The van der Waals surface area contributed by atoms with Gasteiger partial charge in [0, 0.05) is 6.54 Å². The number of ether oxygens (including phenoxy) is 1. The quantitative estimate of drug-likeness (QED) is 0.738. The highest BCUT2D eigenvalue weighted by molar-refractivity contribution is 5.82. The number of hydrogen-bond donors (Lipinski definition) is 3. The molecular formula is C14H18F2N2O3. The van der Waals surface area contributed by atoms with Gasteiger partial charge in [-0.05, 0) is 37.1 Å². The van der Waals surface area contributed by atoms with Gasteiger partial charge < -0.3 is 20.5 Å². The van der Waals surface area contributed by atoms with Crippen LogP contribution in [0.4, 0.5) is 8.78 Å².